The zero-order chi connectivity index (χ0) is 23.5. The largest absolute Gasteiger partial charge is 0.423 e. The molecule has 5 rings (SSSR count). The van der Waals surface area contributed by atoms with Crippen molar-refractivity contribution >= 4 is 22.7 Å². The lowest BCUT2D eigenvalue weighted by Gasteiger charge is -2.26. The second-order valence-electron chi connectivity index (χ2n) is 9.12. The van der Waals surface area contributed by atoms with Crippen LogP contribution in [0.4, 0.5) is 0 Å². The monoisotopic (exact) mass is 474 g/mol. The molecule has 0 atom stereocenters. The highest BCUT2D eigenvalue weighted by Gasteiger charge is 2.19. The van der Waals surface area contributed by atoms with Gasteiger partial charge in [0, 0.05) is 17.2 Å². The molecule has 3 heterocycles. The minimum atomic E-state index is -0.317. The molecule has 1 saturated heterocycles. The molecule has 0 aliphatic carbocycles. The van der Waals surface area contributed by atoms with Crippen LogP contribution in [0.3, 0.4) is 0 Å². The van der Waals surface area contributed by atoms with Crippen molar-refractivity contribution in [2.75, 3.05) is 13.1 Å². The molecular weight excluding hydrogens is 444 g/mol. The van der Waals surface area contributed by atoms with E-state index >= 15 is 0 Å². The first kappa shape index (κ1) is 22.9. The SMILES string of the molecule is Cc1cc2oc(=O)cc(CSc3nnc(CN4CCCCC4)n3Cc3ccccc3)c2cc1C. The molecule has 34 heavy (non-hydrogen) atoms. The molecule has 4 aromatic rings. The summed E-state index contributed by atoms with van der Waals surface area (Å²) in [5.74, 6) is 1.62. The van der Waals surface area contributed by atoms with Crippen LogP contribution in [0.25, 0.3) is 11.0 Å². The third-order valence-corrected chi connectivity index (χ3v) is 7.61. The second kappa shape index (κ2) is 10.2. The summed E-state index contributed by atoms with van der Waals surface area (Å²) < 4.78 is 7.71. The molecule has 0 spiro atoms. The third kappa shape index (κ3) is 5.10. The number of rotatable bonds is 7. The molecule has 7 heteroatoms. The fourth-order valence-electron chi connectivity index (χ4n) is 4.53. The number of hydrogen-bond acceptors (Lipinski definition) is 6. The summed E-state index contributed by atoms with van der Waals surface area (Å²) in [4.78, 5) is 14.7. The van der Waals surface area contributed by atoms with Gasteiger partial charge in [0.15, 0.2) is 5.16 Å². The van der Waals surface area contributed by atoms with Crippen molar-refractivity contribution in [1.29, 1.82) is 0 Å². The number of aromatic nitrogens is 3. The summed E-state index contributed by atoms with van der Waals surface area (Å²) in [6.07, 6.45) is 3.81. The van der Waals surface area contributed by atoms with Crippen LogP contribution in [-0.4, -0.2) is 32.8 Å². The van der Waals surface area contributed by atoms with E-state index in [9.17, 15) is 4.79 Å². The van der Waals surface area contributed by atoms with Crippen LogP contribution >= 0.6 is 11.8 Å². The number of piperidine rings is 1. The fourth-order valence-corrected chi connectivity index (χ4v) is 5.48. The normalized spacial score (nSPS) is 14.6. The predicted molar refractivity (Wildman–Crippen MR) is 136 cm³/mol. The molecule has 1 aliphatic rings. The highest BCUT2D eigenvalue weighted by atomic mass is 32.2. The number of aryl methyl sites for hydroxylation is 2. The predicted octanol–water partition coefficient (Wildman–Crippen LogP) is 5.33. The smallest absolute Gasteiger partial charge is 0.336 e. The van der Waals surface area contributed by atoms with Crippen LogP contribution in [0.15, 0.2) is 62.9 Å². The summed E-state index contributed by atoms with van der Waals surface area (Å²) in [5, 5.41) is 11.0. The van der Waals surface area contributed by atoms with Crippen molar-refractivity contribution in [1.82, 2.24) is 19.7 Å². The zero-order valence-electron chi connectivity index (χ0n) is 19.8. The van der Waals surface area contributed by atoms with E-state index in [4.69, 9.17) is 4.42 Å². The Morgan fingerprint density at radius 1 is 0.941 bits per heavy atom. The van der Waals surface area contributed by atoms with E-state index in [0.717, 1.165) is 53.7 Å². The van der Waals surface area contributed by atoms with Crippen molar-refractivity contribution in [2.24, 2.45) is 0 Å². The molecule has 2 aromatic heterocycles. The van der Waals surface area contributed by atoms with E-state index in [1.165, 1.54) is 30.4 Å². The third-order valence-electron chi connectivity index (χ3n) is 6.59. The van der Waals surface area contributed by atoms with E-state index < -0.39 is 0 Å². The molecule has 1 aliphatic heterocycles. The Morgan fingerprint density at radius 2 is 1.71 bits per heavy atom. The molecule has 0 bridgehead atoms. The van der Waals surface area contributed by atoms with Crippen LogP contribution in [-0.2, 0) is 18.8 Å². The van der Waals surface area contributed by atoms with Gasteiger partial charge in [0.2, 0.25) is 0 Å². The zero-order valence-corrected chi connectivity index (χ0v) is 20.6. The van der Waals surface area contributed by atoms with Gasteiger partial charge in [-0.2, -0.15) is 0 Å². The Kier molecular flexibility index (Phi) is 6.83. The van der Waals surface area contributed by atoms with Crippen LogP contribution in [0.2, 0.25) is 0 Å². The van der Waals surface area contributed by atoms with E-state index in [1.54, 1.807) is 17.8 Å². The summed E-state index contributed by atoms with van der Waals surface area (Å²) in [6, 6.07) is 16.1. The molecule has 0 saturated carbocycles. The fraction of sp³-hybridized carbons (Fsp3) is 0.370. The van der Waals surface area contributed by atoms with Gasteiger partial charge in [-0.3, -0.25) is 4.90 Å². The lowest BCUT2D eigenvalue weighted by atomic mass is 10.0. The number of nitrogens with zero attached hydrogens (tertiary/aromatic N) is 4. The molecule has 6 nitrogen and oxygen atoms in total. The average molecular weight is 475 g/mol. The maximum atomic E-state index is 12.2. The van der Waals surface area contributed by atoms with Crippen LogP contribution in [0, 0.1) is 13.8 Å². The van der Waals surface area contributed by atoms with Gasteiger partial charge in [-0.1, -0.05) is 48.5 Å². The molecular formula is C27H30N4O2S. The van der Waals surface area contributed by atoms with E-state index in [-0.39, 0.29) is 5.63 Å². The first-order valence-corrected chi connectivity index (χ1v) is 12.9. The van der Waals surface area contributed by atoms with E-state index in [2.05, 4.69) is 56.9 Å². The van der Waals surface area contributed by atoms with Gasteiger partial charge in [-0.15, -0.1) is 10.2 Å². The van der Waals surface area contributed by atoms with Gasteiger partial charge in [0.25, 0.3) is 0 Å². The van der Waals surface area contributed by atoms with Gasteiger partial charge < -0.3 is 8.98 Å². The van der Waals surface area contributed by atoms with Crippen molar-refractivity contribution in [3.8, 4) is 0 Å². The molecule has 0 radical (unpaired) electrons. The minimum absolute atomic E-state index is 0.317. The number of fused-ring (bicyclic) bond motifs is 1. The highest BCUT2D eigenvalue weighted by molar-refractivity contribution is 7.98. The Bertz CT molecular complexity index is 1340. The van der Waals surface area contributed by atoms with E-state index in [1.807, 2.05) is 19.1 Å². The maximum absolute atomic E-state index is 12.2. The lowest BCUT2D eigenvalue weighted by Crippen LogP contribution is -2.30. The van der Waals surface area contributed by atoms with Gasteiger partial charge in [-0.25, -0.2) is 4.79 Å². The minimum Gasteiger partial charge on any atom is -0.423 e. The number of thioether (sulfide) groups is 1. The van der Waals surface area contributed by atoms with Crippen molar-refractivity contribution in [3.63, 3.8) is 0 Å². The summed E-state index contributed by atoms with van der Waals surface area (Å²) >= 11 is 1.63. The van der Waals surface area contributed by atoms with Crippen molar-refractivity contribution < 1.29 is 4.42 Å². The van der Waals surface area contributed by atoms with Gasteiger partial charge in [-0.05, 0) is 74.2 Å². The first-order valence-electron chi connectivity index (χ1n) is 11.9. The summed E-state index contributed by atoms with van der Waals surface area (Å²) in [5.41, 5.74) is 4.81. The maximum Gasteiger partial charge on any atom is 0.336 e. The number of hydrogen-bond donors (Lipinski definition) is 0. The average Bonchev–Trinajstić information content (AvgIpc) is 3.21. The van der Waals surface area contributed by atoms with Gasteiger partial charge in [0.1, 0.15) is 11.4 Å². The first-order chi connectivity index (χ1) is 16.6. The van der Waals surface area contributed by atoms with Gasteiger partial charge in [0.05, 0.1) is 13.1 Å². The van der Waals surface area contributed by atoms with Crippen molar-refractivity contribution in [2.45, 2.75) is 57.1 Å². The number of benzene rings is 2. The van der Waals surface area contributed by atoms with E-state index in [0.29, 0.717) is 11.3 Å². The van der Waals surface area contributed by atoms with Crippen LogP contribution in [0.1, 0.15) is 47.3 Å². The summed E-state index contributed by atoms with van der Waals surface area (Å²) in [7, 11) is 0. The molecule has 0 amide bonds. The lowest BCUT2D eigenvalue weighted by molar-refractivity contribution is 0.213. The topological polar surface area (TPSA) is 64.2 Å². The Labute approximate surface area is 204 Å². The van der Waals surface area contributed by atoms with Gasteiger partial charge >= 0.3 is 5.63 Å². The highest BCUT2D eigenvalue weighted by Crippen LogP contribution is 2.28. The Balaban J connectivity index is 1.44. The quantitative estimate of drug-likeness (QED) is 0.267. The molecule has 2 aromatic carbocycles. The van der Waals surface area contributed by atoms with Crippen LogP contribution in [0.5, 0.6) is 0 Å². The molecule has 176 valence electrons. The summed E-state index contributed by atoms with van der Waals surface area (Å²) in [6.45, 7) is 7.90. The molecule has 0 unspecified atom stereocenters. The van der Waals surface area contributed by atoms with Crippen LogP contribution < -0.4 is 5.63 Å². The molecule has 0 N–H and O–H groups in total. The number of likely N-dealkylation sites (tertiary alicyclic amines) is 1. The standard InChI is InChI=1S/C27H30N4O2S/c1-19-13-23-22(15-26(32)33-24(23)14-20(19)2)18-34-27-29-28-25(17-30-11-7-4-8-12-30)31(27)16-21-9-5-3-6-10-21/h3,5-6,9-10,13-15H,4,7-8,11-12,16-18H2,1-2H3. The Morgan fingerprint density at radius 3 is 2.50 bits per heavy atom. The second-order valence-corrected chi connectivity index (χ2v) is 10.1. The van der Waals surface area contributed by atoms with Crippen molar-refractivity contribution in [3.05, 3.63) is 87.0 Å². The molecule has 1 fully saturated rings. The Hall–Kier alpha value is -2.90.